The molecule has 0 amide bonds. The van der Waals surface area contributed by atoms with Crippen LogP contribution in [0.5, 0.6) is 11.5 Å². The van der Waals surface area contributed by atoms with Gasteiger partial charge in [-0.3, -0.25) is 15.0 Å². The van der Waals surface area contributed by atoms with E-state index in [0.29, 0.717) is 11.5 Å². The summed E-state index contributed by atoms with van der Waals surface area (Å²) in [7, 11) is 1.43. The Balaban J connectivity index is 0.00000169. The Kier molecular flexibility index (Phi) is 8.89. The summed E-state index contributed by atoms with van der Waals surface area (Å²) in [5, 5.41) is 25.3. The van der Waals surface area contributed by atoms with E-state index in [1.807, 2.05) is 0 Å². The molecule has 1 aromatic rings. The van der Waals surface area contributed by atoms with Gasteiger partial charge in [0.2, 0.25) is 0 Å². The topological polar surface area (TPSA) is 87.9 Å². The molecule has 26 heavy (non-hydrogen) atoms. The Morgan fingerprint density at radius 1 is 1.27 bits per heavy atom. The molecule has 2 fully saturated rings. The molecule has 0 radical (unpaired) electrons. The number of aromatic hydroxyl groups is 1. The maximum Gasteiger partial charge on any atom is 0.273 e. The molecule has 7 nitrogen and oxygen atoms in total. The third-order valence-corrected chi connectivity index (χ3v) is 5.23. The van der Waals surface area contributed by atoms with Gasteiger partial charge in [-0.25, -0.2) is 0 Å². The molecule has 0 unspecified atom stereocenters. The fourth-order valence-electron chi connectivity index (χ4n) is 4.08. The van der Waals surface area contributed by atoms with Crippen LogP contribution in [0.3, 0.4) is 0 Å². The van der Waals surface area contributed by atoms with Gasteiger partial charge in [-0.05, 0) is 18.8 Å². The van der Waals surface area contributed by atoms with Crippen LogP contribution in [0.4, 0.5) is 5.69 Å². The second-order valence-corrected chi connectivity index (χ2v) is 6.62. The molecule has 1 aromatic carbocycles. The molecule has 0 spiro atoms. The lowest BCUT2D eigenvalue weighted by molar-refractivity contribution is -0.385. The Labute approximate surface area is 166 Å². The minimum absolute atomic E-state index is 0. The standard InChI is InChI=1S/C17H25N3O4.2ClH/c1-24-15-11-13(20(22)23)10-14(17(15)21)16(12-4-2-3-5-12)19-8-6-18-7-9-19;;/h10-12,16,18,21H,2-9H2,1H3;2*1H/t16-;;/m0../s1. The number of rotatable bonds is 5. The van der Waals surface area contributed by atoms with Crippen molar-refractivity contribution in [2.75, 3.05) is 33.3 Å². The highest BCUT2D eigenvalue weighted by molar-refractivity contribution is 5.85. The van der Waals surface area contributed by atoms with Crippen LogP contribution in [0.2, 0.25) is 0 Å². The van der Waals surface area contributed by atoms with E-state index in [0.717, 1.165) is 39.0 Å². The molecule has 2 N–H and O–H groups in total. The van der Waals surface area contributed by atoms with E-state index in [4.69, 9.17) is 4.74 Å². The quantitative estimate of drug-likeness (QED) is 0.574. The molecule has 1 aliphatic carbocycles. The predicted molar refractivity (Wildman–Crippen MR) is 105 cm³/mol. The van der Waals surface area contributed by atoms with Crippen molar-refractivity contribution in [3.05, 3.63) is 27.8 Å². The molecule has 148 valence electrons. The average Bonchev–Trinajstić information content (AvgIpc) is 3.11. The molecule has 1 atom stereocenters. The molecule has 1 aliphatic heterocycles. The van der Waals surface area contributed by atoms with Crippen LogP contribution in [0.1, 0.15) is 37.3 Å². The number of nitrogens with one attached hydrogen (secondary N) is 1. The number of non-ortho nitro benzene ring substituents is 1. The zero-order chi connectivity index (χ0) is 17.1. The lowest BCUT2D eigenvalue weighted by atomic mass is 9.88. The third kappa shape index (κ3) is 4.71. The molecule has 1 saturated carbocycles. The van der Waals surface area contributed by atoms with Gasteiger partial charge >= 0.3 is 0 Å². The number of ether oxygens (including phenoxy) is 1. The normalized spacial score (nSPS) is 19.3. The first kappa shape index (κ1) is 22.8. The number of methoxy groups -OCH3 is 1. The van der Waals surface area contributed by atoms with Crippen molar-refractivity contribution in [1.82, 2.24) is 10.2 Å². The monoisotopic (exact) mass is 407 g/mol. The summed E-state index contributed by atoms with van der Waals surface area (Å²) in [6.07, 6.45) is 4.55. The van der Waals surface area contributed by atoms with E-state index in [9.17, 15) is 15.2 Å². The number of phenolic OH excluding ortho intramolecular Hbond substituents is 1. The highest BCUT2D eigenvalue weighted by Gasteiger charge is 2.35. The zero-order valence-corrected chi connectivity index (χ0v) is 16.5. The van der Waals surface area contributed by atoms with Gasteiger partial charge in [0, 0.05) is 43.9 Å². The summed E-state index contributed by atoms with van der Waals surface area (Å²) >= 11 is 0. The SMILES string of the molecule is COc1cc([N+](=O)[O-])cc([C@H](C2CCCC2)N2CCNCC2)c1O.Cl.Cl. The van der Waals surface area contributed by atoms with E-state index in [1.165, 1.54) is 32.1 Å². The number of nitrogens with zero attached hydrogens (tertiary/aromatic N) is 2. The van der Waals surface area contributed by atoms with Crippen molar-refractivity contribution in [3.8, 4) is 11.5 Å². The summed E-state index contributed by atoms with van der Waals surface area (Å²) in [5.41, 5.74) is 0.604. The summed E-state index contributed by atoms with van der Waals surface area (Å²) in [6.45, 7) is 3.56. The number of halogens is 2. The van der Waals surface area contributed by atoms with E-state index in [2.05, 4.69) is 10.2 Å². The summed E-state index contributed by atoms with van der Waals surface area (Å²) in [5.74, 6) is 0.636. The number of phenols is 1. The van der Waals surface area contributed by atoms with E-state index in [-0.39, 0.29) is 48.0 Å². The highest BCUT2D eigenvalue weighted by Crippen LogP contribution is 2.46. The number of piperazine rings is 1. The fraction of sp³-hybridized carbons (Fsp3) is 0.647. The Morgan fingerprint density at radius 2 is 1.88 bits per heavy atom. The first-order valence-electron chi connectivity index (χ1n) is 8.62. The van der Waals surface area contributed by atoms with Crippen LogP contribution in [0.25, 0.3) is 0 Å². The van der Waals surface area contributed by atoms with E-state index in [1.54, 1.807) is 0 Å². The molecular weight excluding hydrogens is 381 g/mol. The molecule has 3 rings (SSSR count). The summed E-state index contributed by atoms with van der Waals surface area (Å²) < 4.78 is 5.19. The fourth-order valence-corrected chi connectivity index (χ4v) is 4.08. The second-order valence-electron chi connectivity index (χ2n) is 6.62. The first-order valence-corrected chi connectivity index (χ1v) is 8.62. The first-order chi connectivity index (χ1) is 11.6. The number of benzene rings is 1. The van der Waals surface area contributed by atoms with Crippen molar-refractivity contribution in [2.24, 2.45) is 5.92 Å². The van der Waals surface area contributed by atoms with Gasteiger partial charge in [-0.15, -0.1) is 24.8 Å². The van der Waals surface area contributed by atoms with Gasteiger partial charge < -0.3 is 15.2 Å². The molecule has 0 bridgehead atoms. The van der Waals surface area contributed by atoms with Gasteiger partial charge in [0.05, 0.1) is 18.1 Å². The maximum atomic E-state index is 11.3. The van der Waals surface area contributed by atoms with E-state index >= 15 is 0 Å². The van der Waals surface area contributed by atoms with E-state index < -0.39 is 4.92 Å². The summed E-state index contributed by atoms with van der Waals surface area (Å²) in [6, 6.07) is 2.83. The van der Waals surface area contributed by atoms with Gasteiger partial charge in [-0.2, -0.15) is 0 Å². The number of nitro groups is 1. The number of nitro benzene ring substituents is 1. The van der Waals surface area contributed by atoms with Crippen molar-refractivity contribution in [3.63, 3.8) is 0 Å². The van der Waals surface area contributed by atoms with Crippen LogP contribution in [0, 0.1) is 16.0 Å². The van der Waals surface area contributed by atoms with Crippen molar-refractivity contribution in [2.45, 2.75) is 31.7 Å². The number of hydrogen-bond donors (Lipinski definition) is 2. The second kappa shape index (κ2) is 10.2. The largest absolute Gasteiger partial charge is 0.504 e. The van der Waals surface area contributed by atoms with Gasteiger partial charge in [-0.1, -0.05) is 12.8 Å². The minimum atomic E-state index is -0.422. The smallest absolute Gasteiger partial charge is 0.273 e. The van der Waals surface area contributed by atoms with Crippen molar-refractivity contribution < 1.29 is 14.8 Å². The predicted octanol–water partition coefficient (Wildman–Crippen LogP) is 3.29. The Bertz CT molecular complexity index is 606. The summed E-state index contributed by atoms with van der Waals surface area (Å²) in [4.78, 5) is 13.2. The van der Waals surface area contributed by atoms with Crippen LogP contribution >= 0.6 is 24.8 Å². The molecule has 9 heteroatoms. The van der Waals surface area contributed by atoms with Gasteiger partial charge in [0.15, 0.2) is 11.5 Å². The lowest BCUT2D eigenvalue weighted by Gasteiger charge is -2.38. The van der Waals surface area contributed by atoms with Crippen LogP contribution < -0.4 is 10.1 Å². The van der Waals surface area contributed by atoms with Crippen LogP contribution in [-0.4, -0.2) is 48.2 Å². The van der Waals surface area contributed by atoms with Gasteiger partial charge in [0.1, 0.15) is 0 Å². The van der Waals surface area contributed by atoms with Crippen LogP contribution in [0.15, 0.2) is 12.1 Å². The lowest BCUT2D eigenvalue weighted by Crippen LogP contribution is -2.46. The minimum Gasteiger partial charge on any atom is -0.504 e. The van der Waals surface area contributed by atoms with Crippen molar-refractivity contribution >= 4 is 30.5 Å². The maximum absolute atomic E-state index is 11.3. The van der Waals surface area contributed by atoms with Crippen LogP contribution in [-0.2, 0) is 0 Å². The molecular formula is C17H27Cl2N3O4. The Morgan fingerprint density at radius 3 is 2.42 bits per heavy atom. The average molecular weight is 408 g/mol. The molecule has 0 aromatic heterocycles. The molecule has 2 aliphatic rings. The Hall–Kier alpha value is -1.28. The molecule has 1 saturated heterocycles. The highest BCUT2D eigenvalue weighted by atomic mass is 35.5. The number of hydrogen-bond acceptors (Lipinski definition) is 6. The zero-order valence-electron chi connectivity index (χ0n) is 14.8. The van der Waals surface area contributed by atoms with Gasteiger partial charge in [0.25, 0.3) is 5.69 Å². The molecule has 1 heterocycles. The third-order valence-electron chi connectivity index (χ3n) is 5.23. The van der Waals surface area contributed by atoms with Crippen molar-refractivity contribution in [1.29, 1.82) is 0 Å².